The molecular weight excluding hydrogens is 292 g/mol. The second-order valence-electron chi connectivity index (χ2n) is 5.03. The summed E-state index contributed by atoms with van der Waals surface area (Å²) in [5, 5.41) is 0. The molecule has 0 heterocycles. The normalized spacial score (nSPS) is 10.6. The zero-order chi connectivity index (χ0) is 16.7. The van der Waals surface area contributed by atoms with Crippen molar-refractivity contribution in [1.29, 1.82) is 0 Å². The maximum absolute atomic E-state index is 11.5. The maximum atomic E-state index is 11.5. The molecule has 0 atom stereocenters. The molecule has 5 heteroatoms. The minimum absolute atomic E-state index is 0.312. The number of carbonyl (C=O) groups is 1. The molecule has 0 spiro atoms. The van der Waals surface area contributed by atoms with Crippen molar-refractivity contribution in [2.24, 2.45) is 4.99 Å². The summed E-state index contributed by atoms with van der Waals surface area (Å²) in [6.07, 6.45) is 1.70. The van der Waals surface area contributed by atoms with E-state index in [0.29, 0.717) is 17.9 Å². The van der Waals surface area contributed by atoms with Gasteiger partial charge < -0.3 is 14.4 Å². The number of ether oxygens (including phenoxy) is 2. The first-order chi connectivity index (χ1) is 11.1. The number of hydrogen-bond donors (Lipinski definition) is 0. The predicted octanol–water partition coefficient (Wildman–Crippen LogP) is 3.32. The van der Waals surface area contributed by atoms with E-state index in [-0.39, 0.29) is 5.97 Å². The van der Waals surface area contributed by atoms with Crippen LogP contribution in [0.3, 0.4) is 0 Å². The smallest absolute Gasteiger partial charge is 0.337 e. The summed E-state index contributed by atoms with van der Waals surface area (Å²) in [5.74, 6) is 0.212. The molecule has 2 aromatic rings. The molecule has 2 aromatic carbocycles. The fourth-order valence-corrected chi connectivity index (χ4v) is 2.05. The van der Waals surface area contributed by atoms with Crippen LogP contribution < -0.4 is 9.64 Å². The highest BCUT2D eigenvalue weighted by Gasteiger charge is 2.05. The van der Waals surface area contributed by atoms with Crippen molar-refractivity contribution in [3.8, 4) is 5.75 Å². The first-order valence-corrected chi connectivity index (χ1v) is 7.22. The van der Waals surface area contributed by atoms with Crippen LogP contribution in [0.4, 0.5) is 11.4 Å². The van der Waals surface area contributed by atoms with Gasteiger partial charge in [0.2, 0.25) is 0 Å². The molecule has 23 heavy (non-hydrogen) atoms. The molecule has 0 fully saturated rings. The van der Waals surface area contributed by atoms with Crippen LogP contribution in [0.1, 0.15) is 10.4 Å². The molecule has 0 N–H and O–H groups in total. The summed E-state index contributed by atoms with van der Waals surface area (Å²) in [4.78, 5) is 17.9. The number of methoxy groups -OCH3 is 1. The Balaban J connectivity index is 1.99. The third-order valence-electron chi connectivity index (χ3n) is 3.17. The second kappa shape index (κ2) is 7.98. The zero-order valence-corrected chi connectivity index (χ0v) is 13.5. The van der Waals surface area contributed by atoms with Crippen molar-refractivity contribution in [2.75, 3.05) is 32.7 Å². The minimum Gasteiger partial charge on any atom is -0.488 e. The largest absolute Gasteiger partial charge is 0.488 e. The Morgan fingerprint density at radius 2 is 1.96 bits per heavy atom. The van der Waals surface area contributed by atoms with Gasteiger partial charge >= 0.3 is 5.97 Å². The molecule has 0 bridgehead atoms. The predicted molar refractivity (Wildman–Crippen MR) is 92.2 cm³/mol. The van der Waals surface area contributed by atoms with Crippen LogP contribution in [-0.2, 0) is 4.74 Å². The average molecular weight is 312 g/mol. The number of aliphatic imine (C=N–C) groups is 1. The second-order valence-corrected chi connectivity index (χ2v) is 5.03. The molecule has 120 valence electrons. The van der Waals surface area contributed by atoms with Gasteiger partial charge in [-0.05, 0) is 30.3 Å². The standard InChI is InChI=1S/C18H20N2O3/c1-20(2)17-10-5-4-9-16(17)19-11-12-23-15-8-6-7-14(13-15)18(21)22-3/h4-11,13H,12H2,1-3H3. The van der Waals surface area contributed by atoms with E-state index in [1.54, 1.807) is 30.5 Å². The van der Waals surface area contributed by atoms with Gasteiger partial charge in [-0.1, -0.05) is 18.2 Å². The first kappa shape index (κ1) is 16.5. The topological polar surface area (TPSA) is 51.1 Å². The highest BCUT2D eigenvalue weighted by molar-refractivity contribution is 5.89. The van der Waals surface area contributed by atoms with Crippen molar-refractivity contribution in [2.45, 2.75) is 0 Å². The van der Waals surface area contributed by atoms with Crippen LogP contribution >= 0.6 is 0 Å². The van der Waals surface area contributed by atoms with Gasteiger partial charge in [-0.3, -0.25) is 4.99 Å². The summed E-state index contributed by atoms with van der Waals surface area (Å²) >= 11 is 0. The molecule has 2 rings (SSSR count). The Morgan fingerprint density at radius 3 is 2.70 bits per heavy atom. The Morgan fingerprint density at radius 1 is 1.17 bits per heavy atom. The Kier molecular flexibility index (Phi) is 5.74. The van der Waals surface area contributed by atoms with E-state index < -0.39 is 0 Å². The highest BCUT2D eigenvalue weighted by atomic mass is 16.5. The Labute approximate surface area is 136 Å². The molecule has 0 aliphatic rings. The number of esters is 1. The number of anilines is 1. The van der Waals surface area contributed by atoms with Gasteiger partial charge in [0.25, 0.3) is 0 Å². The molecule has 5 nitrogen and oxygen atoms in total. The molecule has 0 unspecified atom stereocenters. The van der Waals surface area contributed by atoms with Crippen molar-refractivity contribution in [3.63, 3.8) is 0 Å². The number of rotatable bonds is 6. The number of nitrogens with zero attached hydrogens (tertiary/aromatic N) is 2. The third-order valence-corrected chi connectivity index (χ3v) is 3.17. The quantitative estimate of drug-likeness (QED) is 0.606. The molecule has 0 saturated carbocycles. The van der Waals surface area contributed by atoms with E-state index in [1.807, 2.05) is 43.3 Å². The number of benzene rings is 2. The van der Waals surface area contributed by atoms with Gasteiger partial charge in [0, 0.05) is 20.3 Å². The van der Waals surface area contributed by atoms with Gasteiger partial charge in [-0.25, -0.2) is 4.79 Å². The van der Waals surface area contributed by atoms with E-state index in [9.17, 15) is 4.79 Å². The first-order valence-electron chi connectivity index (χ1n) is 7.22. The molecule has 0 radical (unpaired) electrons. The van der Waals surface area contributed by atoms with E-state index in [0.717, 1.165) is 11.4 Å². The monoisotopic (exact) mass is 312 g/mol. The van der Waals surface area contributed by atoms with Gasteiger partial charge in [0.1, 0.15) is 12.4 Å². The van der Waals surface area contributed by atoms with Crippen LogP contribution in [0.2, 0.25) is 0 Å². The van der Waals surface area contributed by atoms with Crippen LogP contribution in [0, 0.1) is 0 Å². The maximum Gasteiger partial charge on any atom is 0.337 e. The third kappa shape index (κ3) is 4.57. The molecule has 0 aliphatic carbocycles. The van der Waals surface area contributed by atoms with Gasteiger partial charge in [-0.2, -0.15) is 0 Å². The van der Waals surface area contributed by atoms with Crippen LogP contribution in [-0.4, -0.2) is 40.0 Å². The van der Waals surface area contributed by atoms with Crippen molar-refractivity contribution < 1.29 is 14.3 Å². The van der Waals surface area contributed by atoms with Crippen LogP contribution in [0.5, 0.6) is 5.75 Å². The van der Waals surface area contributed by atoms with Gasteiger partial charge in [-0.15, -0.1) is 0 Å². The van der Waals surface area contributed by atoms with Crippen LogP contribution in [0.25, 0.3) is 0 Å². The van der Waals surface area contributed by atoms with Gasteiger partial charge in [0.15, 0.2) is 0 Å². The lowest BCUT2D eigenvalue weighted by Crippen LogP contribution is -2.08. The number of hydrogen-bond acceptors (Lipinski definition) is 5. The summed E-state index contributed by atoms with van der Waals surface area (Å²) in [7, 11) is 5.30. The number of para-hydroxylation sites is 2. The van der Waals surface area contributed by atoms with E-state index in [1.165, 1.54) is 7.11 Å². The Hall–Kier alpha value is -2.82. The summed E-state index contributed by atoms with van der Waals surface area (Å²) < 4.78 is 10.3. The van der Waals surface area contributed by atoms with E-state index in [4.69, 9.17) is 4.74 Å². The molecule has 0 saturated heterocycles. The lowest BCUT2D eigenvalue weighted by molar-refractivity contribution is 0.0600. The van der Waals surface area contributed by atoms with Gasteiger partial charge in [0.05, 0.1) is 24.0 Å². The van der Waals surface area contributed by atoms with Crippen molar-refractivity contribution in [1.82, 2.24) is 0 Å². The summed E-state index contributed by atoms with van der Waals surface area (Å²) in [6, 6.07) is 14.7. The number of carbonyl (C=O) groups excluding carboxylic acids is 1. The van der Waals surface area contributed by atoms with E-state index >= 15 is 0 Å². The van der Waals surface area contributed by atoms with Crippen LogP contribution in [0.15, 0.2) is 53.5 Å². The van der Waals surface area contributed by atoms with Crippen molar-refractivity contribution in [3.05, 3.63) is 54.1 Å². The molecular formula is C18H20N2O3. The average Bonchev–Trinajstić information content (AvgIpc) is 2.58. The SMILES string of the molecule is COC(=O)c1cccc(OCC=Nc2ccccc2N(C)C)c1. The fraction of sp³-hybridized carbons (Fsp3) is 0.222. The van der Waals surface area contributed by atoms with E-state index in [2.05, 4.69) is 9.73 Å². The lowest BCUT2D eigenvalue weighted by atomic mass is 10.2. The minimum atomic E-state index is -0.385. The Bertz CT molecular complexity index is 696. The van der Waals surface area contributed by atoms with Crippen molar-refractivity contribution >= 4 is 23.6 Å². The zero-order valence-electron chi connectivity index (χ0n) is 13.5. The molecule has 0 aliphatic heterocycles. The fourth-order valence-electron chi connectivity index (χ4n) is 2.05. The lowest BCUT2D eigenvalue weighted by Gasteiger charge is -2.14. The summed E-state index contributed by atoms with van der Waals surface area (Å²) in [6.45, 7) is 0.312. The molecule has 0 aromatic heterocycles. The highest BCUT2D eigenvalue weighted by Crippen LogP contribution is 2.25. The summed E-state index contributed by atoms with van der Waals surface area (Å²) in [5.41, 5.74) is 2.38. The molecule has 0 amide bonds.